The fraction of sp³-hybridized carbons (Fsp3) is 0.130. The monoisotopic (exact) mass is 425 g/mol. The van der Waals surface area contributed by atoms with Crippen LogP contribution in [0.2, 0.25) is 0 Å². The number of hydrogen-bond acceptors (Lipinski definition) is 3. The van der Waals surface area contributed by atoms with E-state index >= 15 is 0 Å². The number of urea groups is 1. The SMILES string of the molecule is O=C(NCC(O)c1cccc(F)c1)Nc1ccc(C(=O)NCc2ccccc2F)cc1. The predicted molar refractivity (Wildman–Crippen MR) is 112 cm³/mol. The first-order chi connectivity index (χ1) is 14.9. The fourth-order valence-electron chi connectivity index (χ4n) is 2.82. The predicted octanol–water partition coefficient (Wildman–Crippen LogP) is 3.75. The summed E-state index contributed by atoms with van der Waals surface area (Å²) in [7, 11) is 0. The molecule has 0 aromatic heterocycles. The first-order valence-electron chi connectivity index (χ1n) is 9.52. The van der Waals surface area contributed by atoms with Gasteiger partial charge in [0.25, 0.3) is 5.91 Å². The number of benzene rings is 3. The van der Waals surface area contributed by atoms with E-state index < -0.39 is 23.8 Å². The molecule has 0 aliphatic carbocycles. The summed E-state index contributed by atoms with van der Waals surface area (Å²) in [6, 6.07) is 17.2. The summed E-state index contributed by atoms with van der Waals surface area (Å²) in [4.78, 5) is 24.2. The van der Waals surface area contributed by atoms with Gasteiger partial charge in [-0.3, -0.25) is 4.79 Å². The maximum atomic E-state index is 13.6. The van der Waals surface area contributed by atoms with Gasteiger partial charge in [-0.15, -0.1) is 0 Å². The molecule has 160 valence electrons. The number of rotatable bonds is 7. The summed E-state index contributed by atoms with van der Waals surface area (Å²) >= 11 is 0. The summed E-state index contributed by atoms with van der Waals surface area (Å²) in [5, 5.41) is 17.7. The molecule has 1 unspecified atom stereocenters. The maximum Gasteiger partial charge on any atom is 0.319 e. The van der Waals surface area contributed by atoms with Crippen molar-refractivity contribution in [3.05, 3.63) is 101 Å². The average Bonchev–Trinajstić information content (AvgIpc) is 2.77. The van der Waals surface area contributed by atoms with Crippen LogP contribution in [0, 0.1) is 11.6 Å². The lowest BCUT2D eigenvalue weighted by Gasteiger charge is -2.13. The Morgan fingerprint density at radius 2 is 1.65 bits per heavy atom. The molecule has 0 radical (unpaired) electrons. The Labute approximate surface area is 177 Å². The van der Waals surface area contributed by atoms with Gasteiger partial charge >= 0.3 is 6.03 Å². The van der Waals surface area contributed by atoms with Gasteiger partial charge < -0.3 is 21.1 Å². The zero-order chi connectivity index (χ0) is 22.2. The van der Waals surface area contributed by atoms with Crippen molar-refractivity contribution in [2.45, 2.75) is 12.6 Å². The third kappa shape index (κ3) is 6.35. The summed E-state index contributed by atoms with van der Waals surface area (Å²) in [5.74, 6) is -1.24. The molecule has 6 nitrogen and oxygen atoms in total. The number of aliphatic hydroxyl groups excluding tert-OH is 1. The number of halogens is 2. The van der Waals surface area contributed by atoms with Crippen molar-refractivity contribution in [2.75, 3.05) is 11.9 Å². The second-order valence-electron chi connectivity index (χ2n) is 6.76. The molecule has 3 aromatic rings. The number of nitrogens with one attached hydrogen (secondary N) is 3. The van der Waals surface area contributed by atoms with Gasteiger partial charge in [0.1, 0.15) is 11.6 Å². The quantitative estimate of drug-likeness (QED) is 0.465. The Morgan fingerprint density at radius 1 is 0.903 bits per heavy atom. The molecule has 0 aliphatic rings. The zero-order valence-electron chi connectivity index (χ0n) is 16.4. The molecule has 3 aromatic carbocycles. The van der Waals surface area contributed by atoms with Gasteiger partial charge in [0.15, 0.2) is 0 Å². The lowest BCUT2D eigenvalue weighted by molar-refractivity contribution is 0.0950. The first kappa shape index (κ1) is 21.9. The molecule has 0 heterocycles. The summed E-state index contributed by atoms with van der Waals surface area (Å²) in [6.45, 7) is -0.0482. The molecule has 1 atom stereocenters. The largest absolute Gasteiger partial charge is 0.387 e. The van der Waals surface area contributed by atoms with Crippen LogP contribution in [0.3, 0.4) is 0 Å². The van der Waals surface area contributed by atoms with Gasteiger partial charge in [-0.25, -0.2) is 13.6 Å². The van der Waals surface area contributed by atoms with E-state index in [2.05, 4.69) is 16.0 Å². The second kappa shape index (κ2) is 10.3. The number of aliphatic hydroxyl groups is 1. The lowest BCUT2D eigenvalue weighted by atomic mass is 10.1. The maximum absolute atomic E-state index is 13.6. The second-order valence-corrected chi connectivity index (χ2v) is 6.76. The van der Waals surface area contributed by atoms with Gasteiger partial charge in [-0.05, 0) is 48.0 Å². The number of anilines is 1. The Hall–Kier alpha value is -3.78. The summed E-state index contributed by atoms with van der Waals surface area (Å²) in [5.41, 5.74) is 1.52. The van der Waals surface area contributed by atoms with Crippen LogP contribution in [0.5, 0.6) is 0 Å². The number of hydrogen-bond donors (Lipinski definition) is 4. The van der Waals surface area contributed by atoms with Crippen LogP contribution in [-0.2, 0) is 6.54 Å². The van der Waals surface area contributed by atoms with Crippen molar-refractivity contribution >= 4 is 17.6 Å². The van der Waals surface area contributed by atoms with E-state index in [9.17, 15) is 23.5 Å². The van der Waals surface area contributed by atoms with Gasteiger partial charge in [0.2, 0.25) is 0 Å². The van der Waals surface area contributed by atoms with Gasteiger partial charge in [0, 0.05) is 29.9 Å². The smallest absolute Gasteiger partial charge is 0.319 e. The summed E-state index contributed by atoms with van der Waals surface area (Å²) < 4.78 is 26.8. The molecule has 0 spiro atoms. The fourth-order valence-corrected chi connectivity index (χ4v) is 2.82. The molecule has 3 amide bonds. The number of carbonyl (C=O) groups is 2. The first-order valence-corrected chi connectivity index (χ1v) is 9.52. The van der Waals surface area contributed by atoms with Crippen LogP contribution in [0.25, 0.3) is 0 Å². The highest BCUT2D eigenvalue weighted by Gasteiger charge is 2.11. The molecular formula is C23H21F2N3O3. The topological polar surface area (TPSA) is 90.5 Å². The average molecular weight is 425 g/mol. The lowest BCUT2D eigenvalue weighted by Crippen LogP contribution is -2.32. The minimum absolute atomic E-state index is 0.0571. The third-order valence-corrected chi connectivity index (χ3v) is 4.49. The molecular weight excluding hydrogens is 404 g/mol. The highest BCUT2D eigenvalue weighted by Crippen LogP contribution is 2.14. The molecule has 0 saturated heterocycles. The standard InChI is InChI=1S/C23H21F2N3O3/c24-18-6-3-5-16(12-18)21(29)14-27-23(31)28-19-10-8-15(9-11-19)22(30)26-13-17-4-1-2-7-20(17)25/h1-12,21,29H,13-14H2,(H,26,30)(H2,27,28,31). The van der Waals surface area contributed by atoms with Gasteiger partial charge in [0.05, 0.1) is 6.10 Å². The van der Waals surface area contributed by atoms with E-state index in [0.717, 1.165) is 0 Å². The van der Waals surface area contributed by atoms with Gasteiger partial charge in [-0.2, -0.15) is 0 Å². The van der Waals surface area contributed by atoms with Crippen molar-refractivity contribution in [3.63, 3.8) is 0 Å². The van der Waals surface area contributed by atoms with E-state index in [-0.39, 0.29) is 19.0 Å². The molecule has 0 fully saturated rings. The molecule has 0 bridgehead atoms. The van der Waals surface area contributed by atoms with E-state index in [1.807, 2.05) is 0 Å². The highest BCUT2D eigenvalue weighted by atomic mass is 19.1. The van der Waals surface area contributed by atoms with Crippen LogP contribution in [-0.4, -0.2) is 23.6 Å². The van der Waals surface area contributed by atoms with Crippen LogP contribution in [0.15, 0.2) is 72.8 Å². The Kier molecular flexibility index (Phi) is 7.29. The van der Waals surface area contributed by atoms with Crippen molar-refractivity contribution < 1.29 is 23.5 Å². The van der Waals surface area contributed by atoms with E-state index in [4.69, 9.17) is 0 Å². The van der Waals surface area contributed by atoms with E-state index in [1.165, 1.54) is 36.4 Å². The summed E-state index contributed by atoms with van der Waals surface area (Å²) in [6.07, 6.45) is -1.05. The number of amides is 3. The normalized spacial score (nSPS) is 11.5. The van der Waals surface area contributed by atoms with Crippen LogP contribution < -0.4 is 16.0 Å². The van der Waals surface area contributed by atoms with Crippen molar-refractivity contribution in [1.29, 1.82) is 0 Å². The minimum Gasteiger partial charge on any atom is -0.387 e. The molecule has 31 heavy (non-hydrogen) atoms. The number of carbonyl (C=O) groups excluding carboxylic acids is 2. The Morgan fingerprint density at radius 3 is 2.35 bits per heavy atom. The van der Waals surface area contributed by atoms with Gasteiger partial charge in [-0.1, -0.05) is 30.3 Å². The zero-order valence-corrected chi connectivity index (χ0v) is 16.4. The van der Waals surface area contributed by atoms with Crippen molar-refractivity contribution in [3.8, 4) is 0 Å². The molecule has 0 aliphatic heterocycles. The highest BCUT2D eigenvalue weighted by molar-refractivity contribution is 5.95. The molecule has 4 N–H and O–H groups in total. The van der Waals surface area contributed by atoms with Crippen LogP contribution in [0.1, 0.15) is 27.6 Å². The Bertz CT molecular complexity index is 1060. The van der Waals surface area contributed by atoms with Crippen molar-refractivity contribution in [2.24, 2.45) is 0 Å². The molecule has 3 rings (SSSR count). The molecule has 8 heteroatoms. The third-order valence-electron chi connectivity index (χ3n) is 4.49. The molecule has 0 saturated carbocycles. The van der Waals surface area contributed by atoms with E-state index in [0.29, 0.717) is 22.4 Å². The van der Waals surface area contributed by atoms with Crippen LogP contribution in [0.4, 0.5) is 19.3 Å². The van der Waals surface area contributed by atoms with Crippen LogP contribution >= 0.6 is 0 Å². The van der Waals surface area contributed by atoms with Crippen molar-refractivity contribution in [1.82, 2.24) is 10.6 Å². The van der Waals surface area contributed by atoms with E-state index in [1.54, 1.807) is 36.4 Å². The Balaban J connectivity index is 1.47. The minimum atomic E-state index is -1.05.